The van der Waals surface area contributed by atoms with Gasteiger partial charge >= 0.3 is 5.97 Å². The van der Waals surface area contributed by atoms with Crippen molar-refractivity contribution in [3.05, 3.63) is 71.4 Å². The van der Waals surface area contributed by atoms with Gasteiger partial charge in [-0.3, -0.25) is 0 Å². The van der Waals surface area contributed by atoms with E-state index in [-0.39, 0.29) is 29.9 Å². The number of fused-ring (bicyclic) bond motifs is 2. The van der Waals surface area contributed by atoms with Crippen molar-refractivity contribution in [3.63, 3.8) is 0 Å². The molecule has 0 unspecified atom stereocenters. The number of aromatic nitrogens is 2. The fourth-order valence-corrected chi connectivity index (χ4v) is 3.25. The van der Waals surface area contributed by atoms with Crippen LogP contribution in [0.5, 0.6) is 0 Å². The molecule has 0 radical (unpaired) electrons. The van der Waals surface area contributed by atoms with Crippen molar-refractivity contribution in [2.45, 2.75) is 26.6 Å². The molecule has 8 nitrogen and oxygen atoms in total. The number of nitriles is 1. The molecule has 0 atom stereocenters. The van der Waals surface area contributed by atoms with Crippen LogP contribution in [-0.4, -0.2) is 33.8 Å². The number of benzene rings is 2. The Hall–Kier alpha value is -4.09. The highest BCUT2D eigenvalue weighted by Gasteiger charge is 2.23. The van der Waals surface area contributed by atoms with Crippen LogP contribution in [0.25, 0.3) is 27.6 Å². The van der Waals surface area contributed by atoms with Crippen LogP contribution in [0.3, 0.4) is 0 Å². The monoisotopic (exact) mass is 431 g/mol. The zero-order valence-corrected chi connectivity index (χ0v) is 17.6. The van der Waals surface area contributed by atoms with E-state index in [0.717, 1.165) is 10.9 Å². The highest BCUT2D eigenvalue weighted by Crippen LogP contribution is 2.28. The highest BCUT2D eigenvalue weighted by molar-refractivity contribution is 5.96. The van der Waals surface area contributed by atoms with E-state index in [0.29, 0.717) is 16.7 Å². The quantitative estimate of drug-likeness (QED) is 0.243. The average molecular weight is 431 g/mol. The molecule has 4 aromatic rings. The first-order valence-corrected chi connectivity index (χ1v) is 10.0. The number of rotatable bonds is 7. The molecule has 0 spiro atoms. The summed E-state index contributed by atoms with van der Waals surface area (Å²) in [5.74, 6) is -0.994. The lowest BCUT2D eigenvalue weighted by atomic mass is 10.1. The fourth-order valence-electron chi connectivity index (χ4n) is 3.25. The fraction of sp³-hybridized carbons (Fsp3) is 0.208. The SMILES string of the molecule is CC(C)OCc1c(C(=O)OC/C(O)=C(\C#N)c2nc3ccccc3[nH]2)oc2ccccc12. The Morgan fingerprint density at radius 1 is 1.22 bits per heavy atom. The average Bonchev–Trinajstić information content (AvgIpc) is 3.38. The van der Waals surface area contributed by atoms with Crippen LogP contribution in [-0.2, 0) is 16.1 Å². The number of para-hydroxylation sites is 3. The molecule has 4 rings (SSSR count). The first kappa shape index (κ1) is 21.2. The molecule has 2 N–H and O–H groups in total. The molecule has 0 saturated heterocycles. The van der Waals surface area contributed by atoms with E-state index in [1.165, 1.54) is 0 Å². The summed E-state index contributed by atoms with van der Waals surface area (Å²) in [7, 11) is 0. The minimum atomic E-state index is -0.767. The zero-order chi connectivity index (χ0) is 22.7. The van der Waals surface area contributed by atoms with E-state index < -0.39 is 18.3 Å². The third kappa shape index (κ3) is 4.19. The van der Waals surface area contributed by atoms with E-state index in [1.54, 1.807) is 24.3 Å². The number of ether oxygens (including phenoxy) is 2. The van der Waals surface area contributed by atoms with Gasteiger partial charge in [0, 0.05) is 10.9 Å². The number of carbonyl (C=O) groups is 1. The van der Waals surface area contributed by atoms with Gasteiger partial charge in [-0.15, -0.1) is 0 Å². The Kier molecular flexibility index (Phi) is 5.92. The van der Waals surface area contributed by atoms with E-state index in [9.17, 15) is 15.2 Å². The normalized spacial score (nSPS) is 12.2. The van der Waals surface area contributed by atoms with E-state index in [4.69, 9.17) is 13.9 Å². The van der Waals surface area contributed by atoms with Crippen molar-refractivity contribution in [1.29, 1.82) is 5.26 Å². The summed E-state index contributed by atoms with van der Waals surface area (Å²) in [4.78, 5) is 20.0. The van der Waals surface area contributed by atoms with Gasteiger partial charge in [0.2, 0.25) is 5.76 Å². The number of nitrogens with zero attached hydrogens (tertiary/aromatic N) is 2. The van der Waals surface area contributed by atoms with Gasteiger partial charge in [0.25, 0.3) is 0 Å². The van der Waals surface area contributed by atoms with Crippen LogP contribution in [0.4, 0.5) is 0 Å². The first-order valence-electron chi connectivity index (χ1n) is 10.0. The second-order valence-corrected chi connectivity index (χ2v) is 7.38. The molecule has 2 heterocycles. The standard InChI is InChI=1S/C24H21N3O5/c1-14(2)30-12-17-15-7-3-6-10-21(15)32-22(17)24(29)31-13-20(28)16(11-25)23-26-18-8-4-5-9-19(18)27-23/h3-10,14,28H,12-13H2,1-2H3,(H,26,27)/b20-16-. The zero-order valence-electron chi connectivity index (χ0n) is 17.6. The summed E-state index contributed by atoms with van der Waals surface area (Å²) >= 11 is 0. The van der Waals surface area contributed by atoms with Gasteiger partial charge in [-0.25, -0.2) is 9.78 Å². The number of carbonyl (C=O) groups excluding carboxylic acids is 1. The number of esters is 1. The Bertz CT molecular complexity index is 1320. The lowest BCUT2D eigenvalue weighted by molar-refractivity contribution is 0.0440. The smallest absolute Gasteiger partial charge is 0.375 e. The molecule has 0 fully saturated rings. The second kappa shape index (κ2) is 8.96. The van der Waals surface area contributed by atoms with Crippen molar-refractivity contribution in [1.82, 2.24) is 9.97 Å². The lowest BCUT2D eigenvalue weighted by Gasteiger charge is -2.08. The van der Waals surface area contributed by atoms with Crippen molar-refractivity contribution in [2.75, 3.05) is 6.61 Å². The van der Waals surface area contributed by atoms with Gasteiger partial charge in [-0.2, -0.15) is 5.26 Å². The molecule has 0 aliphatic rings. The molecule has 2 aromatic heterocycles. The van der Waals surface area contributed by atoms with Crippen LogP contribution in [0.2, 0.25) is 0 Å². The van der Waals surface area contributed by atoms with Crippen LogP contribution in [0.1, 0.15) is 35.8 Å². The summed E-state index contributed by atoms with van der Waals surface area (Å²) in [6.45, 7) is 3.44. The molecule has 8 heteroatoms. The van der Waals surface area contributed by atoms with Crippen LogP contribution in [0, 0.1) is 11.3 Å². The van der Waals surface area contributed by atoms with Gasteiger partial charge in [0.1, 0.15) is 17.2 Å². The maximum absolute atomic E-state index is 12.8. The molecule has 0 aliphatic carbocycles. The van der Waals surface area contributed by atoms with Gasteiger partial charge in [0.15, 0.2) is 18.2 Å². The Labute approximate surface area is 183 Å². The largest absolute Gasteiger partial charge is 0.507 e. The summed E-state index contributed by atoms with van der Waals surface area (Å²) in [5.41, 5.74) is 2.36. The minimum absolute atomic E-state index is 0.00175. The van der Waals surface area contributed by atoms with Crippen molar-refractivity contribution in [3.8, 4) is 6.07 Å². The van der Waals surface area contributed by atoms with Crippen LogP contribution >= 0.6 is 0 Å². The van der Waals surface area contributed by atoms with Crippen molar-refractivity contribution < 1.29 is 23.8 Å². The number of imidazole rings is 1. The number of furan rings is 1. The number of hydrogen-bond acceptors (Lipinski definition) is 7. The van der Waals surface area contributed by atoms with Gasteiger partial charge < -0.3 is 24.0 Å². The van der Waals surface area contributed by atoms with Crippen LogP contribution < -0.4 is 0 Å². The minimum Gasteiger partial charge on any atom is -0.507 e. The van der Waals surface area contributed by atoms with E-state index in [2.05, 4.69) is 9.97 Å². The number of hydrogen-bond donors (Lipinski definition) is 2. The van der Waals surface area contributed by atoms with Crippen LogP contribution in [0.15, 0.2) is 58.7 Å². The molecule has 0 bridgehead atoms. The summed E-state index contributed by atoms with van der Waals surface area (Å²) in [6, 6.07) is 16.4. The molecule has 162 valence electrons. The van der Waals surface area contributed by atoms with Crippen molar-refractivity contribution in [2.24, 2.45) is 0 Å². The number of nitrogens with one attached hydrogen (secondary N) is 1. The van der Waals surface area contributed by atoms with E-state index in [1.807, 2.05) is 44.2 Å². The van der Waals surface area contributed by atoms with Gasteiger partial charge in [0.05, 0.1) is 23.7 Å². The maximum atomic E-state index is 12.8. The first-order chi connectivity index (χ1) is 15.5. The third-order valence-corrected chi connectivity index (χ3v) is 4.81. The number of aromatic amines is 1. The maximum Gasteiger partial charge on any atom is 0.375 e. The lowest BCUT2D eigenvalue weighted by Crippen LogP contribution is -2.11. The third-order valence-electron chi connectivity index (χ3n) is 4.81. The highest BCUT2D eigenvalue weighted by atomic mass is 16.6. The second-order valence-electron chi connectivity index (χ2n) is 7.38. The Morgan fingerprint density at radius 3 is 2.72 bits per heavy atom. The summed E-state index contributed by atoms with van der Waals surface area (Å²) < 4.78 is 16.6. The molecule has 0 aliphatic heterocycles. The number of allylic oxidation sites excluding steroid dienone is 1. The number of H-pyrrole nitrogens is 1. The molecule has 0 amide bonds. The molecule has 0 saturated carbocycles. The molecule has 2 aromatic carbocycles. The Morgan fingerprint density at radius 2 is 1.97 bits per heavy atom. The topological polar surface area (TPSA) is 121 Å². The predicted octanol–water partition coefficient (Wildman–Crippen LogP) is 4.88. The van der Waals surface area contributed by atoms with Crippen molar-refractivity contribution >= 4 is 33.5 Å². The number of aliphatic hydroxyl groups is 1. The molecular formula is C24H21N3O5. The Balaban J connectivity index is 1.58. The van der Waals surface area contributed by atoms with E-state index >= 15 is 0 Å². The van der Waals surface area contributed by atoms with Gasteiger partial charge in [-0.1, -0.05) is 30.3 Å². The van der Waals surface area contributed by atoms with Gasteiger partial charge in [-0.05, 0) is 32.0 Å². The summed E-state index contributed by atoms with van der Waals surface area (Å²) in [6.07, 6.45) is -0.0403. The summed E-state index contributed by atoms with van der Waals surface area (Å²) in [5, 5.41) is 20.7. The predicted molar refractivity (Wildman–Crippen MR) is 118 cm³/mol. The molecular weight excluding hydrogens is 410 g/mol. The number of aliphatic hydroxyl groups excluding tert-OH is 1. The molecule has 32 heavy (non-hydrogen) atoms.